The van der Waals surface area contributed by atoms with Gasteiger partial charge in [-0.1, -0.05) is 39.8 Å². The fraction of sp³-hybridized carbons (Fsp3) is 0.478. The summed E-state index contributed by atoms with van der Waals surface area (Å²) in [6.45, 7) is 12.9. The molecular formula is C23H32N4O. The Labute approximate surface area is 168 Å². The van der Waals surface area contributed by atoms with E-state index in [4.69, 9.17) is 0 Å². The minimum Gasteiger partial charge on any atom is -0.322 e. The van der Waals surface area contributed by atoms with Crippen molar-refractivity contribution in [2.75, 3.05) is 31.5 Å². The van der Waals surface area contributed by atoms with Gasteiger partial charge in [0, 0.05) is 50.8 Å². The maximum Gasteiger partial charge on any atom is 0.321 e. The molecule has 3 rings (SSSR count). The summed E-state index contributed by atoms with van der Waals surface area (Å²) in [6.07, 6.45) is 3.66. The van der Waals surface area contributed by atoms with Gasteiger partial charge in [-0.15, -0.1) is 0 Å². The van der Waals surface area contributed by atoms with Crippen LogP contribution in [-0.2, 0) is 6.54 Å². The number of pyridine rings is 1. The number of benzene rings is 1. The average molecular weight is 381 g/mol. The maximum atomic E-state index is 12.8. The van der Waals surface area contributed by atoms with Crippen LogP contribution in [0, 0.1) is 0 Å². The van der Waals surface area contributed by atoms with Crippen molar-refractivity contribution >= 4 is 11.7 Å². The first-order valence-corrected chi connectivity index (χ1v) is 10.2. The van der Waals surface area contributed by atoms with E-state index in [0.29, 0.717) is 11.8 Å². The smallest absolute Gasteiger partial charge is 0.321 e. The van der Waals surface area contributed by atoms with Gasteiger partial charge in [0.1, 0.15) is 0 Å². The van der Waals surface area contributed by atoms with Crippen LogP contribution in [0.25, 0.3) is 0 Å². The van der Waals surface area contributed by atoms with Gasteiger partial charge in [0.25, 0.3) is 0 Å². The maximum absolute atomic E-state index is 12.8. The van der Waals surface area contributed by atoms with Crippen LogP contribution in [0.5, 0.6) is 0 Å². The molecule has 1 aromatic carbocycles. The molecule has 1 saturated heterocycles. The van der Waals surface area contributed by atoms with Crippen LogP contribution in [-0.4, -0.2) is 47.0 Å². The van der Waals surface area contributed by atoms with Crippen molar-refractivity contribution in [1.82, 2.24) is 14.8 Å². The van der Waals surface area contributed by atoms with E-state index in [-0.39, 0.29) is 6.03 Å². The Hall–Kier alpha value is -2.40. The van der Waals surface area contributed by atoms with Crippen LogP contribution in [0.3, 0.4) is 0 Å². The Kier molecular flexibility index (Phi) is 6.68. The third-order valence-corrected chi connectivity index (χ3v) is 5.42. The van der Waals surface area contributed by atoms with Gasteiger partial charge in [-0.3, -0.25) is 9.88 Å². The minimum atomic E-state index is 0.00255. The quantitative estimate of drug-likeness (QED) is 0.819. The molecule has 1 fully saturated rings. The fourth-order valence-electron chi connectivity index (χ4n) is 3.58. The highest BCUT2D eigenvalue weighted by Crippen LogP contribution is 2.28. The van der Waals surface area contributed by atoms with Crippen LogP contribution in [0.1, 0.15) is 56.2 Å². The molecule has 0 bridgehead atoms. The Morgan fingerprint density at radius 2 is 1.68 bits per heavy atom. The molecular weight excluding hydrogens is 348 g/mol. The highest BCUT2D eigenvalue weighted by molar-refractivity contribution is 5.90. The van der Waals surface area contributed by atoms with E-state index in [1.807, 2.05) is 29.4 Å². The molecule has 2 aromatic rings. The first kappa shape index (κ1) is 20.3. The van der Waals surface area contributed by atoms with E-state index < -0.39 is 0 Å². The number of urea groups is 1. The third kappa shape index (κ3) is 5.10. The molecule has 2 heterocycles. The van der Waals surface area contributed by atoms with Crippen molar-refractivity contribution in [3.05, 3.63) is 59.4 Å². The molecule has 0 unspecified atom stereocenters. The summed E-state index contributed by atoms with van der Waals surface area (Å²) in [5, 5.41) is 3.15. The number of piperazine rings is 1. The number of nitrogens with one attached hydrogen (secondary N) is 1. The van der Waals surface area contributed by atoms with Gasteiger partial charge in [0.05, 0.1) is 0 Å². The van der Waals surface area contributed by atoms with Crippen LogP contribution in [0.15, 0.2) is 42.7 Å². The first-order valence-electron chi connectivity index (χ1n) is 10.2. The normalized spacial score (nSPS) is 15.3. The molecule has 0 radical (unpaired) electrons. The fourth-order valence-corrected chi connectivity index (χ4v) is 3.58. The summed E-state index contributed by atoms with van der Waals surface area (Å²) in [5.41, 5.74) is 4.71. The number of carbonyl (C=O) groups excluding carboxylic acids is 1. The number of aromatic nitrogens is 1. The zero-order valence-corrected chi connectivity index (χ0v) is 17.5. The highest BCUT2D eigenvalue weighted by atomic mass is 16.2. The number of hydrogen-bond donors (Lipinski definition) is 1. The molecule has 150 valence electrons. The predicted molar refractivity (Wildman–Crippen MR) is 115 cm³/mol. The summed E-state index contributed by atoms with van der Waals surface area (Å²) >= 11 is 0. The number of hydrogen-bond acceptors (Lipinski definition) is 3. The molecule has 1 aromatic heterocycles. The van der Waals surface area contributed by atoms with Crippen molar-refractivity contribution < 1.29 is 4.79 Å². The topological polar surface area (TPSA) is 48.5 Å². The van der Waals surface area contributed by atoms with Crippen molar-refractivity contribution in [2.24, 2.45) is 0 Å². The zero-order chi connectivity index (χ0) is 20.1. The van der Waals surface area contributed by atoms with Gasteiger partial charge in [-0.25, -0.2) is 4.79 Å². The Morgan fingerprint density at radius 3 is 2.29 bits per heavy atom. The lowest BCUT2D eigenvalue weighted by atomic mass is 9.94. The number of anilines is 1. The van der Waals surface area contributed by atoms with Gasteiger partial charge in [-0.2, -0.15) is 0 Å². The summed E-state index contributed by atoms with van der Waals surface area (Å²) in [7, 11) is 0. The molecule has 0 aliphatic carbocycles. The van der Waals surface area contributed by atoms with Crippen LogP contribution < -0.4 is 5.32 Å². The van der Waals surface area contributed by atoms with E-state index in [1.54, 1.807) is 0 Å². The Bertz CT molecular complexity index is 780. The van der Waals surface area contributed by atoms with Crippen molar-refractivity contribution in [1.29, 1.82) is 0 Å². The number of rotatable bonds is 5. The summed E-state index contributed by atoms with van der Waals surface area (Å²) in [4.78, 5) is 21.2. The molecule has 1 N–H and O–H groups in total. The molecule has 5 nitrogen and oxygen atoms in total. The van der Waals surface area contributed by atoms with Crippen molar-refractivity contribution in [3.8, 4) is 0 Å². The lowest BCUT2D eigenvalue weighted by Crippen LogP contribution is -2.49. The molecule has 0 saturated carbocycles. The van der Waals surface area contributed by atoms with Crippen molar-refractivity contribution in [3.63, 3.8) is 0 Å². The molecule has 28 heavy (non-hydrogen) atoms. The van der Waals surface area contributed by atoms with E-state index in [9.17, 15) is 4.79 Å². The molecule has 1 aliphatic rings. The lowest BCUT2D eigenvalue weighted by Gasteiger charge is -2.35. The van der Waals surface area contributed by atoms with E-state index in [0.717, 1.165) is 38.4 Å². The molecule has 0 atom stereocenters. The number of carbonyl (C=O) groups is 1. The molecule has 0 spiro atoms. The Morgan fingerprint density at radius 1 is 1.00 bits per heavy atom. The summed E-state index contributed by atoms with van der Waals surface area (Å²) < 4.78 is 0. The van der Waals surface area contributed by atoms with E-state index in [1.165, 1.54) is 16.7 Å². The SMILES string of the molecule is CC(C)c1ccc(NC(=O)N2CCN(Cc3ccncc3)CC2)c(C(C)C)c1. The third-order valence-electron chi connectivity index (χ3n) is 5.42. The van der Waals surface area contributed by atoms with E-state index >= 15 is 0 Å². The number of nitrogens with zero attached hydrogens (tertiary/aromatic N) is 3. The second-order valence-electron chi connectivity index (χ2n) is 8.20. The lowest BCUT2D eigenvalue weighted by molar-refractivity contribution is 0.143. The first-order chi connectivity index (χ1) is 13.4. The highest BCUT2D eigenvalue weighted by Gasteiger charge is 2.22. The second kappa shape index (κ2) is 9.20. The minimum absolute atomic E-state index is 0.00255. The van der Waals surface area contributed by atoms with Crippen LogP contribution in [0.4, 0.5) is 10.5 Å². The van der Waals surface area contributed by atoms with Gasteiger partial charge in [0.2, 0.25) is 0 Å². The van der Waals surface area contributed by atoms with Gasteiger partial charge < -0.3 is 10.2 Å². The standard InChI is InChI=1S/C23H32N4O/c1-17(2)20-5-6-22(21(15-20)18(3)4)25-23(28)27-13-11-26(12-14-27)16-19-7-9-24-10-8-19/h5-10,15,17-18H,11-14,16H2,1-4H3,(H,25,28). The molecule has 2 amide bonds. The molecule has 1 aliphatic heterocycles. The largest absolute Gasteiger partial charge is 0.322 e. The average Bonchev–Trinajstić information content (AvgIpc) is 2.69. The molecule has 5 heteroatoms. The van der Waals surface area contributed by atoms with Crippen molar-refractivity contribution in [2.45, 2.75) is 46.1 Å². The zero-order valence-electron chi connectivity index (χ0n) is 17.5. The predicted octanol–water partition coefficient (Wildman–Crippen LogP) is 4.68. The number of amides is 2. The van der Waals surface area contributed by atoms with Gasteiger partial charge in [0.15, 0.2) is 0 Å². The van der Waals surface area contributed by atoms with Gasteiger partial charge in [-0.05, 0) is 46.7 Å². The van der Waals surface area contributed by atoms with Crippen LogP contribution >= 0.6 is 0 Å². The Balaban J connectivity index is 1.58. The van der Waals surface area contributed by atoms with Gasteiger partial charge >= 0.3 is 6.03 Å². The second-order valence-corrected chi connectivity index (χ2v) is 8.20. The summed E-state index contributed by atoms with van der Waals surface area (Å²) in [6, 6.07) is 10.5. The van der Waals surface area contributed by atoms with Crippen LogP contribution in [0.2, 0.25) is 0 Å². The summed E-state index contributed by atoms with van der Waals surface area (Å²) in [5.74, 6) is 0.849. The monoisotopic (exact) mass is 380 g/mol. The van der Waals surface area contributed by atoms with E-state index in [2.05, 4.69) is 61.1 Å².